The minimum absolute atomic E-state index is 0.703. The summed E-state index contributed by atoms with van der Waals surface area (Å²) in [4.78, 5) is 4.76. The lowest BCUT2D eigenvalue weighted by atomic mass is 10.1. The lowest BCUT2D eigenvalue weighted by molar-refractivity contribution is 0.540. The number of aromatic nitrogens is 2. The van der Waals surface area contributed by atoms with E-state index >= 15 is 0 Å². The third-order valence-electron chi connectivity index (χ3n) is 4.13. The van der Waals surface area contributed by atoms with Gasteiger partial charge in [-0.2, -0.15) is 0 Å². The molecule has 0 spiro atoms. The quantitative estimate of drug-likeness (QED) is 0.486. The Balaban J connectivity index is 1.89. The predicted octanol–water partition coefficient (Wildman–Crippen LogP) is 5.61. The maximum atomic E-state index is 6.21. The maximum absolute atomic E-state index is 6.21. The van der Waals surface area contributed by atoms with Crippen molar-refractivity contribution in [1.82, 2.24) is 9.55 Å². The number of hydrogen-bond acceptors (Lipinski definition) is 2. The van der Waals surface area contributed by atoms with E-state index in [0.29, 0.717) is 11.6 Å². The highest BCUT2D eigenvalue weighted by Crippen LogP contribution is 2.29. The molecule has 0 amide bonds. The Kier molecular flexibility index (Phi) is 3.66. The molecule has 0 fully saturated rings. The van der Waals surface area contributed by atoms with E-state index in [1.807, 2.05) is 37.3 Å². The van der Waals surface area contributed by atoms with Crippen molar-refractivity contribution in [3.63, 3.8) is 0 Å². The third-order valence-corrected chi connectivity index (χ3v) is 4.37. The first-order chi connectivity index (χ1) is 11.6. The lowest BCUT2D eigenvalue weighted by Crippen LogP contribution is -2.02. The molecule has 0 atom stereocenters. The summed E-state index contributed by atoms with van der Waals surface area (Å²) in [6.07, 6.45) is 0. The van der Waals surface area contributed by atoms with Crippen LogP contribution < -0.4 is 0 Å². The van der Waals surface area contributed by atoms with Gasteiger partial charge in [-0.05, 0) is 49.7 Å². The van der Waals surface area contributed by atoms with E-state index in [1.54, 1.807) is 0 Å². The molecule has 3 nitrogen and oxygen atoms in total. The highest BCUT2D eigenvalue weighted by Gasteiger charge is 2.16. The van der Waals surface area contributed by atoms with Crippen molar-refractivity contribution < 1.29 is 4.42 Å². The first-order valence-corrected chi connectivity index (χ1v) is 8.26. The van der Waals surface area contributed by atoms with Crippen LogP contribution in [0.3, 0.4) is 0 Å². The number of hydrogen-bond donors (Lipinski definition) is 0. The Bertz CT molecular complexity index is 1010. The normalized spacial score (nSPS) is 11.3. The second kappa shape index (κ2) is 5.84. The fourth-order valence-electron chi connectivity index (χ4n) is 2.87. The van der Waals surface area contributed by atoms with Gasteiger partial charge < -0.3 is 8.98 Å². The smallest absolute Gasteiger partial charge is 0.177 e. The molecule has 4 rings (SSSR count). The number of aryl methyl sites for hydroxylation is 2. The summed E-state index contributed by atoms with van der Waals surface area (Å²) in [5, 5.41) is 0.703. The number of benzene rings is 2. The van der Waals surface area contributed by atoms with Crippen molar-refractivity contribution in [1.29, 1.82) is 0 Å². The molecule has 2 aromatic heterocycles. The van der Waals surface area contributed by atoms with Gasteiger partial charge in [0, 0.05) is 11.6 Å². The lowest BCUT2D eigenvalue weighted by Gasteiger charge is -2.09. The van der Waals surface area contributed by atoms with Gasteiger partial charge in [0.05, 0.1) is 11.0 Å². The molecular weight excluding hydrogens is 320 g/mol. The molecule has 0 aliphatic carbocycles. The molecule has 4 heteroatoms. The van der Waals surface area contributed by atoms with Crippen LogP contribution in [0.4, 0.5) is 0 Å². The van der Waals surface area contributed by atoms with Crippen LogP contribution in [0.25, 0.3) is 22.6 Å². The van der Waals surface area contributed by atoms with Crippen molar-refractivity contribution in [3.8, 4) is 11.6 Å². The van der Waals surface area contributed by atoms with Crippen molar-refractivity contribution in [3.05, 3.63) is 76.5 Å². The number of nitrogens with zero attached hydrogens (tertiary/aromatic N) is 2. The largest absolute Gasteiger partial charge is 0.458 e. The van der Waals surface area contributed by atoms with Crippen LogP contribution in [0.5, 0.6) is 0 Å². The fourth-order valence-corrected chi connectivity index (χ4v) is 3.04. The van der Waals surface area contributed by atoms with Crippen LogP contribution >= 0.6 is 11.6 Å². The molecule has 2 aromatic carbocycles. The summed E-state index contributed by atoms with van der Waals surface area (Å²) in [6, 6.07) is 18.2. The zero-order valence-electron chi connectivity index (χ0n) is 13.6. The topological polar surface area (TPSA) is 31.0 Å². The van der Waals surface area contributed by atoms with E-state index in [0.717, 1.165) is 28.4 Å². The Labute approximate surface area is 145 Å². The van der Waals surface area contributed by atoms with Crippen LogP contribution in [-0.4, -0.2) is 9.55 Å². The molecule has 0 radical (unpaired) electrons. The van der Waals surface area contributed by atoms with Crippen LogP contribution in [-0.2, 0) is 6.54 Å². The molecule has 0 saturated carbocycles. The Hall–Kier alpha value is -2.52. The molecule has 4 aromatic rings. The SMILES string of the molecule is Cc1ccc(Cn2c(-c3ccc(C)o3)nc3ccc(Cl)cc32)cc1. The van der Waals surface area contributed by atoms with Gasteiger partial charge in [-0.15, -0.1) is 0 Å². The second-order valence-electron chi connectivity index (χ2n) is 6.05. The fraction of sp³-hybridized carbons (Fsp3) is 0.150. The van der Waals surface area contributed by atoms with E-state index in [1.165, 1.54) is 11.1 Å². The number of fused-ring (bicyclic) bond motifs is 1. The van der Waals surface area contributed by atoms with Crippen LogP contribution in [0, 0.1) is 13.8 Å². The van der Waals surface area contributed by atoms with E-state index in [-0.39, 0.29) is 0 Å². The van der Waals surface area contributed by atoms with Gasteiger partial charge in [-0.3, -0.25) is 0 Å². The van der Waals surface area contributed by atoms with Crippen LogP contribution in [0.15, 0.2) is 59.0 Å². The highest BCUT2D eigenvalue weighted by molar-refractivity contribution is 6.31. The summed E-state index contributed by atoms with van der Waals surface area (Å²) in [6.45, 7) is 4.74. The van der Waals surface area contributed by atoms with Crippen LogP contribution in [0.1, 0.15) is 16.9 Å². The molecule has 0 unspecified atom stereocenters. The molecule has 2 heterocycles. The minimum Gasteiger partial charge on any atom is -0.458 e. The van der Waals surface area contributed by atoms with E-state index in [4.69, 9.17) is 21.0 Å². The van der Waals surface area contributed by atoms with Gasteiger partial charge >= 0.3 is 0 Å². The zero-order chi connectivity index (χ0) is 16.7. The Morgan fingerprint density at radius 3 is 2.50 bits per heavy atom. The van der Waals surface area contributed by atoms with E-state index in [9.17, 15) is 0 Å². The monoisotopic (exact) mass is 336 g/mol. The van der Waals surface area contributed by atoms with Crippen LogP contribution in [0.2, 0.25) is 5.02 Å². The molecule has 0 aliphatic heterocycles. The number of imidazole rings is 1. The number of furan rings is 1. The molecule has 120 valence electrons. The number of rotatable bonds is 3. The van der Waals surface area contributed by atoms with Gasteiger partial charge in [-0.1, -0.05) is 41.4 Å². The van der Waals surface area contributed by atoms with Gasteiger partial charge in [0.15, 0.2) is 11.6 Å². The predicted molar refractivity (Wildman–Crippen MR) is 97.5 cm³/mol. The van der Waals surface area contributed by atoms with Crippen molar-refractivity contribution in [2.45, 2.75) is 20.4 Å². The molecule has 24 heavy (non-hydrogen) atoms. The number of halogens is 1. The van der Waals surface area contributed by atoms with E-state index < -0.39 is 0 Å². The average Bonchev–Trinajstić information content (AvgIpc) is 3.14. The Morgan fingerprint density at radius 2 is 1.79 bits per heavy atom. The standard InChI is InChI=1S/C20H17ClN2O/c1-13-3-6-15(7-4-13)12-23-18-11-16(21)8-9-17(18)22-20(23)19-10-5-14(2)24-19/h3-11H,12H2,1-2H3. The summed E-state index contributed by atoms with van der Waals surface area (Å²) in [5.74, 6) is 2.46. The second-order valence-corrected chi connectivity index (χ2v) is 6.49. The molecule has 0 N–H and O–H groups in total. The average molecular weight is 337 g/mol. The molecule has 0 aliphatic rings. The first-order valence-electron chi connectivity index (χ1n) is 7.88. The van der Waals surface area contributed by atoms with Crippen molar-refractivity contribution >= 4 is 22.6 Å². The van der Waals surface area contributed by atoms with E-state index in [2.05, 4.69) is 35.8 Å². The van der Waals surface area contributed by atoms with Gasteiger partial charge in [0.2, 0.25) is 0 Å². The molecular formula is C20H17ClN2O. The van der Waals surface area contributed by atoms with Crippen molar-refractivity contribution in [2.24, 2.45) is 0 Å². The summed E-state index contributed by atoms with van der Waals surface area (Å²) >= 11 is 6.21. The minimum atomic E-state index is 0.703. The van der Waals surface area contributed by atoms with Gasteiger partial charge in [-0.25, -0.2) is 4.98 Å². The Morgan fingerprint density at radius 1 is 1.00 bits per heavy atom. The molecule has 0 bridgehead atoms. The summed E-state index contributed by atoms with van der Waals surface area (Å²) < 4.78 is 7.97. The zero-order valence-corrected chi connectivity index (χ0v) is 14.3. The van der Waals surface area contributed by atoms with Gasteiger partial charge in [0.1, 0.15) is 5.76 Å². The third kappa shape index (κ3) is 2.72. The summed E-state index contributed by atoms with van der Waals surface area (Å²) in [7, 11) is 0. The molecule has 0 saturated heterocycles. The highest BCUT2D eigenvalue weighted by atomic mass is 35.5. The van der Waals surface area contributed by atoms with Gasteiger partial charge in [0.25, 0.3) is 0 Å². The first kappa shape index (κ1) is 15.0. The summed E-state index contributed by atoms with van der Waals surface area (Å²) in [5.41, 5.74) is 4.38. The van der Waals surface area contributed by atoms with Crippen molar-refractivity contribution in [2.75, 3.05) is 0 Å². The maximum Gasteiger partial charge on any atom is 0.177 e.